The highest BCUT2D eigenvalue weighted by Crippen LogP contribution is 2.29. The van der Waals surface area contributed by atoms with E-state index in [1.807, 2.05) is 12.1 Å². The molecule has 0 radical (unpaired) electrons. The second kappa shape index (κ2) is 5.87. The molecule has 1 saturated carbocycles. The van der Waals surface area contributed by atoms with Gasteiger partial charge >= 0.3 is 0 Å². The van der Waals surface area contributed by atoms with E-state index in [1.165, 1.54) is 25.7 Å². The number of carbonyl (C=O) groups excluding carboxylic acids is 1. The largest absolute Gasteiger partial charge is 0.326 e. The number of hydrogen-bond acceptors (Lipinski definition) is 1. The molecule has 0 spiro atoms. The van der Waals surface area contributed by atoms with Crippen LogP contribution < -0.4 is 5.32 Å². The van der Waals surface area contributed by atoms with E-state index >= 15 is 0 Å². The van der Waals surface area contributed by atoms with E-state index in [2.05, 4.69) is 21.2 Å². The van der Waals surface area contributed by atoms with Crippen molar-refractivity contribution in [2.45, 2.75) is 32.1 Å². The van der Waals surface area contributed by atoms with Gasteiger partial charge in [-0.1, -0.05) is 24.4 Å². The minimum Gasteiger partial charge on any atom is -0.326 e. The first-order valence-electron chi connectivity index (χ1n) is 5.90. The third kappa shape index (κ3) is 3.71. The van der Waals surface area contributed by atoms with Crippen molar-refractivity contribution in [3.8, 4) is 0 Å². The molecule has 1 aromatic carbocycles. The zero-order valence-electron chi connectivity index (χ0n) is 9.51. The third-order valence-electron chi connectivity index (χ3n) is 3.15. The summed E-state index contributed by atoms with van der Waals surface area (Å²) >= 11 is 9.24. The van der Waals surface area contributed by atoms with Crippen LogP contribution in [0.2, 0.25) is 5.02 Å². The van der Waals surface area contributed by atoms with Crippen LogP contribution in [0.1, 0.15) is 32.1 Å². The first-order chi connectivity index (χ1) is 8.15. The van der Waals surface area contributed by atoms with Crippen molar-refractivity contribution in [1.29, 1.82) is 0 Å². The van der Waals surface area contributed by atoms with Gasteiger partial charge in [0.05, 0.1) is 5.02 Å². The summed E-state index contributed by atoms with van der Waals surface area (Å²) in [5.74, 6) is 0.678. The van der Waals surface area contributed by atoms with Gasteiger partial charge in [0.15, 0.2) is 0 Å². The Morgan fingerprint density at radius 3 is 2.76 bits per heavy atom. The lowest BCUT2D eigenvalue weighted by atomic mass is 10.0. The molecule has 0 aromatic heterocycles. The fourth-order valence-corrected chi connectivity index (χ4v) is 2.76. The number of nitrogens with one attached hydrogen (secondary N) is 1. The maximum absolute atomic E-state index is 11.8. The summed E-state index contributed by atoms with van der Waals surface area (Å²) in [5.41, 5.74) is 0.796. The minimum atomic E-state index is 0.103. The van der Waals surface area contributed by atoms with Crippen molar-refractivity contribution in [3.05, 3.63) is 27.7 Å². The number of rotatable bonds is 3. The minimum absolute atomic E-state index is 0.103. The molecule has 0 aliphatic heterocycles. The van der Waals surface area contributed by atoms with Crippen molar-refractivity contribution in [1.82, 2.24) is 0 Å². The van der Waals surface area contributed by atoms with Crippen molar-refractivity contribution < 1.29 is 4.79 Å². The molecular weight excluding hydrogens is 302 g/mol. The van der Waals surface area contributed by atoms with E-state index < -0.39 is 0 Å². The molecule has 1 amide bonds. The molecule has 92 valence electrons. The molecule has 17 heavy (non-hydrogen) atoms. The highest BCUT2D eigenvalue weighted by Gasteiger charge is 2.18. The van der Waals surface area contributed by atoms with Gasteiger partial charge in [-0.25, -0.2) is 0 Å². The first kappa shape index (κ1) is 12.9. The number of carbonyl (C=O) groups is 1. The molecule has 0 unspecified atom stereocenters. The van der Waals surface area contributed by atoms with Crippen molar-refractivity contribution in [3.63, 3.8) is 0 Å². The molecule has 2 rings (SSSR count). The van der Waals surface area contributed by atoms with Crippen LogP contribution in [-0.2, 0) is 4.79 Å². The summed E-state index contributed by atoms with van der Waals surface area (Å²) in [6.07, 6.45) is 5.56. The highest BCUT2D eigenvalue weighted by molar-refractivity contribution is 9.10. The molecule has 0 bridgehead atoms. The lowest BCUT2D eigenvalue weighted by molar-refractivity contribution is -0.117. The normalized spacial score (nSPS) is 16.1. The van der Waals surface area contributed by atoms with E-state index in [0.717, 1.165) is 10.2 Å². The molecule has 1 aliphatic rings. The van der Waals surface area contributed by atoms with E-state index in [9.17, 15) is 4.79 Å². The summed E-state index contributed by atoms with van der Waals surface area (Å²) in [6.45, 7) is 0. The predicted octanol–water partition coefficient (Wildman–Crippen LogP) is 4.62. The van der Waals surface area contributed by atoms with Gasteiger partial charge in [-0.15, -0.1) is 0 Å². The topological polar surface area (TPSA) is 29.1 Å². The van der Waals surface area contributed by atoms with E-state index in [4.69, 9.17) is 11.6 Å². The smallest absolute Gasteiger partial charge is 0.224 e. The second-order valence-electron chi connectivity index (χ2n) is 4.53. The van der Waals surface area contributed by atoms with E-state index in [0.29, 0.717) is 17.4 Å². The molecule has 4 heteroatoms. The van der Waals surface area contributed by atoms with Crippen LogP contribution in [0.3, 0.4) is 0 Å². The van der Waals surface area contributed by atoms with E-state index in [1.54, 1.807) is 6.07 Å². The molecule has 1 N–H and O–H groups in total. The molecule has 0 atom stereocenters. The summed E-state index contributed by atoms with van der Waals surface area (Å²) in [7, 11) is 0. The summed E-state index contributed by atoms with van der Waals surface area (Å²) in [5, 5.41) is 3.56. The Morgan fingerprint density at radius 1 is 1.41 bits per heavy atom. The molecule has 2 nitrogen and oxygen atoms in total. The van der Waals surface area contributed by atoms with Crippen LogP contribution in [0.4, 0.5) is 5.69 Å². The van der Waals surface area contributed by atoms with Crippen molar-refractivity contribution in [2.24, 2.45) is 5.92 Å². The predicted molar refractivity (Wildman–Crippen MR) is 74.4 cm³/mol. The SMILES string of the molecule is O=C(CC1CCCC1)Nc1ccc(Cl)c(Br)c1. The van der Waals surface area contributed by atoms with Gasteiger partial charge in [0.1, 0.15) is 0 Å². The lowest BCUT2D eigenvalue weighted by Gasteiger charge is -2.10. The first-order valence-corrected chi connectivity index (χ1v) is 7.07. The maximum Gasteiger partial charge on any atom is 0.224 e. The molecule has 0 saturated heterocycles. The molecule has 1 aromatic rings. The Balaban J connectivity index is 1.90. The van der Waals surface area contributed by atoms with Crippen LogP contribution in [0.15, 0.2) is 22.7 Å². The Bertz CT molecular complexity index is 416. The summed E-state index contributed by atoms with van der Waals surface area (Å²) in [4.78, 5) is 11.8. The molecule has 1 fully saturated rings. The average molecular weight is 317 g/mol. The second-order valence-corrected chi connectivity index (χ2v) is 5.79. The van der Waals surface area contributed by atoms with Gasteiger partial charge in [0.2, 0.25) is 5.91 Å². The van der Waals surface area contributed by atoms with Gasteiger partial charge in [-0.05, 0) is 52.9 Å². The van der Waals surface area contributed by atoms with Crippen LogP contribution in [0.5, 0.6) is 0 Å². The average Bonchev–Trinajstić information content (AvgIpc) is 2.76. The van der Waals surface area contributed by atoms with Gasteiger partial charge in [-0.3, -0.25) is 4.79 Å². The van der Waals surface area contributed by atoms with E-state index in [-0.39, 0.29) is 5.91 Å². The zero-order chi connectivity index (χ0) is 12.3. The lowest BCUT2D eigenvalue weighted by Crippen LogP contribution is -2.15. The van der Waals surface area contributed by atoms with Gasteiger partial charge in [0, 0.05) is 16.6 Å². The van der Waals surface area contributed by atoms with Crippen LogP contribution >= 0.6 is 27.5 Å². The number of anilines is 1. The van der Waals surface area contributed by atoms with Crippen LogP contribution in [0, 0.1) is 5.92 Å². The zero-order valence-corrected chi connectivity index (χ0v) is 11.9. The third-order valence-corrected chi connectivity index (χ3v) is 4.37. The fourth-order valence-electron chi connectivity index (χ4n) is 2.26. The monoisotopic (exact) mass is 315 g/mol. The van der Waals surface area contributed by atoms with Crippen molar-refractivity contribution >= 4 is 39.1 Å². The Kier molecular flexibility index (Phi) is 4.46. The van der Waals surface area contributed by atoms with Crippen molar-refractivity contribution in [2.75, 3.05) is 5.32 Å². The van der Waals surface area contributed by atoms with Gasteiger partial charge in [-0.2, -0.15) is 0 Å². The standard InChI is InChI=1S/C13H15BrClNO/c14-11-8-10(5-6-12(11)15)16-13(17)7-9-3-1-2-4-9/h5-6,8-9H,1-4,7H2,(H,16,17). The summed E-state index contributed by atoms with van der Waals surface area (Å²) in [6, 6.07) is 5.42. The molecule has 0 heterocycles. The van der Waals surface area contributed by atoms with Gasteiger partial charge < -0.3 is 5.32 Å². The molecular formula is C13H15BrClNO. The number of amides is 1. The number of benzene rings is 1. The van der Waals surface area contributed by atoms with Gasteiger partial charge in [0.25, 0.3) is 0 Å². The van der Waals surface area contributed by atoms with Crippen LogP contribution in [0.25, 0.3) is 0 Å². The Hall–Kier alpha value is -0.540. The highest BCUT2D eigenvalue weighted by atomic mass is 79.9. The quantitative estimate of drug-likeness (QED) is 0.866. The number of halogens is 2. The summed E-state index contributed by atoms with van der Waals surface area (Å²) < 4.78 is 0.804. The Morgan fingerprint density at radius 2 is 2.12 bits per heavy atom. The molecule has 1 aliphatic carbocycles. The maximum atomic E-state index is 11.8. The van der Waals surface area contributed by atoms with Crippen LogP contribution in [-0.4, -0.2) is 5.91 Å². The number of hydrogen-bond donors (Lipinski definition) is 1. The fraction of sp³-hybridized carbons (Fsp3) is 0.462. The Labute approximate surface area is 115 Å².